The van der Waals surface area contributed by atoms with Gasteiger partial charge in [-0.25, -0.2) is 4.39 Å². The third kappa shape index (κ3) is 4.20. The number of likely N-dealkylation sites (N-methyl/N-ethyl adjacent to an activating group) is 1. The van der Waals surface area contributed by atoms with Crippen LogP contribution in [0.3, 0.4) is 0 Å². The lowest BCUT2D eigenvalue weighted by molar-refractivity contribution is -0.135. The number of carbonyl (C=O) groups excluding carboxylic acids is 1. The number of piperidine rings is 1. The molecule has 1 saturated heterocycles. The van der Waals surface area contributed by atoms with Crippen LogP contribution in [0.5, 0.6) is 5.75 Å². The van der Waals surface area contributed by atoms with Crippen LogP contribution in [0.15, 0.2) is 24.3 Å². The second kappa shape index (κ2) is 7.24. The van der Waals surface area contributed by atoms with Gasteiger partial charge in [-0.1, -0.05) is 0 Å². The van der Waals surface area contributed by atoms with E-state index in [0.717, 1.165) is 25.9 Å². The van der Waals surface area contributed by atoms with E-state index in [1.807, 2.05) is 0 Å². The van der Waals surface area contributed by atoms with E-state index >= 15 is 0 Å². The van der Waals surface area contributed by atoms with Crippen LogP contribution in [0.2, 0.25) is 0 Å². The fourth-order valence-electron chi connectivity index (χ4n) is 2.32. The molecule has 0 spiro atoms. The summed E-state index contributed by atoms with van der Waals surface area (Å²) in [7, 11) is 1.80. The average molecular weight is 280 g/mol. The van der Waals surface area contributed by atoms with Gasteiger partial charge in [-0.05, 0) is 43.7 Å². The van der Waals surface area contributed by atoms with Crippen LogP contribution < -0.4 is 10.1 Å². The largest absolute Gasteiger partial charge is 0.492 e. The summed E-state index contributed by atoms with van der Waals surface area (Å²) in [6, 6.07) is 5.89. The monoisotopic (exact) mass is 280 g/mol. The molecule has 1 amide bonds. The third-order valence-corrected chi connectivity index (χ3v) is 3.53. The summed E-state index contributed by atoms with van der Waals surface area (Å²) < 4.78 is 18.2. The minimum Gasteiger partial charge on any atom is -0.492 e. The summed E-state index contributed by atoms with van der Waals surface area (Å²) in [5.74, 6) is 0.584. The lowest BCUT2D eigenvalue weighted by Gasteiger charge is -2.27. The fraction of sp³-hybridized carbons (Fsp3) is 0.533. The molecule has 0 saturated carbocycles. The molecular formula is C15H21FN2O2. The quantitative estimate of drug-likeness (QED) is 0.892. The number of nitrogens with one attached hydrogen (secondary N) is 1. The van der Waals surface area contributed by atoms with Crippen molar-refractivity contribution in [2.24, 2.45) is 5.92 Å². The second-order valence-corrected chi connectivity index (χ2v) is 5.11. The van der Waals surface area contributed by atoms with Crippen molar-refractivity contribution in [3.63, 3.8) is 0 Å². The van der Waals surface area contributed by atoms with E-state index in [1.165, 1.54) is 12.1 Å². The molecule has 20 heavy (non-hydrogen) atoms. The number of hydrogen-bond donors (Lipinski definition) is 1. The summed E-state index contributed by atoms with van der Waals surface area (Å²) in [6.07, 6.45) is 2.01. The highest BCUT2D eigenvalue weighted by molar-refractivity contribution is 5.78. The van der Waals surface area contributed by atoms with Crippen LogP contribution in [0.1, 0.15) is 12.8 Å². The van der Waals surface area contributed by atoms with Gasteiger partial charge in [-0.2, -0.15) is 0 Å². The maximum atomic E-state index is 12.7. The number of carbonyl (C=O) groups is 1. The maximum Gasteiger partial charge on any atom is 0.226 e. The Morgan fingerprint density at radius 3 is 2.85 bits per heavy atom. The SMILES string of the molecule is CN(CCOc1ccc(F)cc1)C(=O)[C@H]1CCCNC1. The van der Waals surface area contributed by atoms with Crippen molar-refractivity contribution >= 4 is 5.91 Å². The highest BCUT2D eigenvalue weighted by atomic mass is 19.1. The molecule has 0 radical (unpaired) electrons. The summed E-state index contributed by atoms with van der Waals surface area (Å²) in [6.45, 7) is 2.71. The molecule has 1 aromatic carbocycles. The van der Waals surface area contributed by atoms with E-state index in [0.29, 0.717) is 18.9 Å². The van der Waals surface area contributed by atoms with Crippen molar-refractivity contribution in [1.29, 1.82) is 0 Å². The highest BCUT2D eigenvalue weighted by Crippen LogP contribution is 2.13. The van der Waals surface area contributed by atoms with E-state index in [-0.39, 0.29) is 17.6 Å². The number of nitrogens with zero attached hydrogens (tertiary/aromatic N) is 1. The molecule has 5 heteroatoms. The standard InChI is InChI=1S/C15H21FN2O2/c1-18(15(19)12-3-2-8-17-11-12)9-10-20-14-6-4-13(16)5-7-14/h4-7,12,17H,2-3,8-11H2,1H3/t12-/m0/s1. The summed E-state index contributed by atoms with van der Waals surface area (Å²) in [5.41, 5.74) is 0. The Morgan fingerprint density at radius 1 is 1.45 bits per heavy atom. The first-order chi connectivity index (χ1) is 9.66. The van der Waals surface area contributed by atoms with Crippen molar-refractivity contribution in [3.05, 3.63) is 30.1 Å². The van der Waals surface area contributed by atoms with E-state index in [4.69, 9.17) is 4.74 Å². The first-order valence-electron chi connectivity index (χ1n) is 7.01. The molecule has 110 valence electrons. The Morgan fingerprint density at radius 2 is 2.20 bits per heavy atom. The summed E-state index contributed by atoms with van der Waals surface area (Å²) in [5, 5.41) is 3.24. The van der Waals surface area contributed by atoms with Gasteiger partial charge in [0.1, 0.15) is 18.2 Å². The Bertz CT molecular complexity index is 430. The smallest absolute Gasteiger partial charge is 0.226 e. The Kier molecular flexibility index (Phi) is 5.35. The molecule has 1 fully saturated rings. The van der Waals surface area contributed by atoms with Crippen molar-refractivity contribution in [2.75, 3.05) is 33.3 Å². The van der Waals surface area contributed by atoms with E-state index in [9.17, 15) is 9.18 Å². The maximum absolute atomic E-state index is 12.7. The van der Waals surface area contributed by atoms with Crippen LogP contribution in [-0.2, 0) is 4.79 Å². The molecular weight excluding hydrogens is 259 g/mol. The molecule has 1 atom stereocenters. The Labute approximate surface area is 118 Å². The molecule has 1 heterocycles. The molecule has 1 aliphatic rings. The van der Waals surface area contributed by atoms with Crippen molar-refractivity contribution in [1.82, 2.24) is 10.2 Å². The summed E-state index contributed by atoms with van der Waals surface area (Å²) in [4.78, 5) is 13.9. The first-order valence-corrected chi connectivity index (χ1v) is 7.01. The molecule has 2 rings (SSSR count). The Balaban J connectivity index is 1.72. The number of ether oxygens (including phenoxy) is 1. The first kappa shape index (κ1) is 14.8. The van der Waals surface area contributed by atoms with Crippen molar-refractivity contribution in [3.8, 4) is 5.75 Å². The van der Waals surface area contributed by atoms with Gasteiger partial charge in [0.2, 0.25) is 5.91 Å². The van der Waals surface area contributed by atoms with Gasteiger partial charge in [0.05, 0.1) is 12.5 Å². The zero-order chi connectivity index (χ0) is 14.4. The molecule has 1 aromatic rings. The van der Waals surface area contributed by atoms with Gasteiger partial charge < -0.3 is 15.0 Å². The second-order valence-electron chi connectivity index (χ2n) is 5.11. The topological polar surface area (TPSA) is 41.6 Å². The van der Waals surface area contributed by atoms with Crippen molar-refractivity contribution < 1.29 is 13.9 Å². The predicted octanol–water partition coefficient (Wildman–Crippen LogP) is 1.66. The van der Waals surface area contributed by atoms with Gasteiger partial charge >= 0.3 is 0 Å². The van der Waals surface area contributed by atoms with E-state index < -0.39 is 0 Å². The van der Waals surface area contributed by atoms with Gasteiger partial charge in [-0.3, -0.25) is 4.79 Å². The minimum absolute atomic E-state index is 0.0829. The molecule has 4 nitrogen and oxygen atoms in total. The van der Waals surface area contributed by atoms with Crippen LogP contribution in [-0.4, -0.2) is 44.1 Å². The highest BCUT2D eigenvalue weighted by Gasteiger charge is 2.23. The number of hydrogen-bond acceptors (Lipinski definition) is 3. The lowest BCUT2D eigenvalue weighted by Crippen LogP contribution is -2.42. The van der Waals surface area contributed by atoms with Crippen molar-refractivity contribution in [2.45, 2.75) is 12.8 Å². The predicted molar refractivity (Wildman–Crippen MR) is 75.1 cm³/mol. The average Bonchev–Trinajstić information content (AvgIpc) is 2.49. The number of benzene rings is 1. The molecule has 1 N–H and O–H groups in total. The Hall–Kier alpha value is -1.62. The lowest BCUT2D eigenvalue weighted by atomic mass is 9.98. The number of amides is 1. The van der Waals surface area contributed by atoms with Gasteiger partial charge in [-0.15, -0.1) is 0 Å². The molecule has 0 aliphatic carbocycles. The molecule has 0 unspecified atom stereocenters. The van der Waals surface area contributed by atoms with Crippen LogP contribution in [0.25, 0.3) is 0 Å². The van der Waals surface area contributed by atoms with Crippen LogP contribution in [0, 0.1) is 11.7 Å². The van der Waals surface area contributed by atoms with Gasteiger partial charge in [0.25, 0.3) is 0 Å². The number of rotatable bonds is 5. The van der Waals surface area contributed by atoms with Crippen LogP contribution >= 0.6 is 0 Å². The number of halogens is 1. The zero-order valence-corrected chi connectivity index (χ0v) is 11.8. The molecule has 1 aliphatic heterocycles. The van der Waals surface area contributed by atoms with Gasteiger partial charge in [0.15, 0.2) is 0 Å². The fourth-order valence-corrected chi connectivity index (χ4v) is 2.32. The van der Waals surface area contributed by atoms with Gasteiger partial charge in [0, 0.05) is 13.6 Å². The third-order valence-electron chi connectivity index (χ3n) is 3.53. The van der Waals surface area contributed by atoms with E-state index in [2.05, 4.69) is 5.32 Å². The summed E-state index contributed by atoms with van der Waals surface area (Å²) >= 11 is 0. The molecule has 0 bridgehead atoms. The van der Waals surface area contributed by atoms with Crippen LogP contribution in [0.4, 0.5) is 4.39 Å². The minimum atomic E-state index is -0.283. The molecule has 0 aromatic heterocycles. The normalized spacial score (nSPS) is 18.6. The van der Waals surface area contributed by atoms with E-state index in [1.54, 1.807) is 24.1 Å². The zero-order valence-electron chi connectivity index (χ0n) is 11.8.